The normalized spacial score (nSPS) is 26.6. The Labute approximate surface area is 121 Å². The van der Waals surface area contributed by atoms with Gasteiger partial charge >= 0.3 is 5.97 Å². The molecule has 0 N–H and O–H groups in total. The van der Waals surface area contributed by atoms with Gasteiger partial charge in [-0.3, -0.25) is 4.79 Å². The topological polar surface area (TPSA) is 26.3 Å². The Morgan fingerprint density at radius 3 is 2.85 bits per heavy atom. The molecule has 1 aromatic carbocycles. The van der Waals surface area contributed by atoms with Crippen LogP contribution in [0.2, 0.25) is 0 Å². The maximum atomic E-state index is 11.7. The Bertz CT molecular complexity index is 480. The van der Waals surface area contributed by atoms with Gasteiger partial charge in [-0.05, 0) is 54.6 Å². The summed E-state index contributed by atoms with van der Waals surface area (Å²) in [6.07, 6.45) is 6.22. The fourth-order valence-electron chi connectivity index (χ4n) is 4.00. The number of esters is 1. The molecule has 1 aromatic rings. The highest BCUT2D eigenvalue weighted by molar-refractivity contribution is 5.69. The molecule has 0 saturated heterocycles. The quantitative estimate of drug-likeness (QED) is 0.566. The third-order valence-corrected chi connectivity index (χ3v) is 5.01. The average Bonchev–Trinajstić information content (AvgIpc) is 3.04. The van der Waals surface area contributed by atoms with Crippen molar-refractivity contribution in [2.24, 2.45) is 5.92 Å². The zero-order chi connectivity index (χ0) is 13.9. The van der Waals surface area contributed by atoms with E-state index >= 15 is 0 Å². The summed E-state index contributed by atoms with van der Waals surface area (Å²) in [6.45, 7) is 2.70. The first kappa shape index (κ1) is 13.7. The molecule has 0 radical (unpaired) electrons. The molecule has 2 nitrogen and oxygen atoms in total. The van der Waals surface area contributed by atoms with Crippen LogP contribution in [-0.2, 0) is 9.53 Å². The highest BCUT2D eigenvalue weighted by atomic mass is 16.5. The Kier molecular flexibility index (Phi) is 4.09. The summed E-state index contributed by atoms with van der Waals surface area (Å²) in [5.41, 5.74) is 3.12. The van der Waals surface area contributed by atoms with Crippen molar-refractivity contribution in [2.75, 3.05) is 6.61 Å². The molecule has 3 rings (SSSR count). The number of ether oxygens (including phenoxy) is 1. The van der Waals surface area contributed by atoms with Crippen molar-refractivity contribution in [3.05, 3.63) is 35.4 Å². The van der Waals surface area contributed by atoms with Crippen molar-refractivity contribution < 1.29 is 9.53 Å². The van der Waals surface area contributed by atoms with E-state index in [1.54, 1.807) is 11.1 Å². The van der Waals surface area contributed by atoms with Crippen molar-refractivity contribution >= 4 is 5.97 Å². The van der Waals surface area contributed by atoms with Gasteiger partial charge in [-0.15, -0.1) is 0 Å². The molecule has 1 saturated carbocycles. The fourth-order valence-corrected chi connectivity index (χ4v) is 4.00. The Morgan fingerprint density at radius 1 is 1.25 bits per heavy atom. The number of fused-ring (bicyclic) bond motifs is 5. The zero-order valence-corrected chi connectivity index (χ0v) is 12.3. The molecule has 0 aromatic heterocycles. The Morgan fingerprint density at radius 2 is 2.05 bits per heavy atom. The van der Waals surface area contributed by atoms with Crippen LogP contribution in [0.4, 0.5) is 0 Å². The summed E-state index contributed by atoms with van der Waals surface area (Å²) in [7, 11) is 0. The van der Waals surface area contributed by atoms with Gasteiger partial charge in [0.25, 0.3) is 0 Å². The van der Waals surface area contributed by atoms with Crippen LogP contribution in [0, 0.1) is 5.92 Å². The molecular formula is C18H24O2. The van der Waals surface area contributed by atoms with Gasteiger partial charge in [0.2, 0.25) is 0 Å². The number of hydrogen-bond acceptors (Lipinski definition) is 2. The Hall–Kier alpha value is -1.31. The third kappa shape index (κ3) is 2.61. The minimum absolute atomic E-state index is 0.00508. The van der Waals surface area contributed by atoms with Crippen molar-refractivity contribution in [2.45, 2.75) is 57.3 Å². The maximum absolute atomic E-state index is 11.7. The number of carbonyl (C=O) groups is 1. The van der Waals surface area contributed by atoms with Crippen LogP contribution in [0.25, 0.3) is 0 Å². The second kappa shape index (κ2) is 5.99. The molecule has 0 heterocycles. The van der Waals surface area contributed by atoms with E-state index in [4.69, 9.17) is 4.74 Å². The maximum Gasteiger partial charge on any atom is 0.305 e. The van der Waals surface area contributed by atoms with E-state index in [2.05, 4.69) is 31.2 Å². The zero-order valence-electron chi connectivity index (χ0n) is 12.3. The molecule has 1 fully saturated rings. The van der Waals surface area contributed by atoms with Gasteiger partial charge in [0, 0.05) is 6.42 Å². The molecular weight excluding hydrogens is 248 g/mol. The summed E-state index contributed by atoms with van der Waals surface area (Å²) in [5, 5.41) is 0. The number of rotatable bonds is 6. The van der Waals surface area contributed by atoms with Crippen LogP contribution in [0.5, 0.6) is 0 Å². The highest BCUT2D eigenvalue weighted by Crippen LogP contribution is 2.57. The van der Waals surface area contributed by atoms with Gasteiger partial charge in [-0.2, -0.15) is 0 Å². The third-order valence-electron chi connectivity index (χ3n) is 5.01. The first-order valence-electron chi connectivity index (χ1n) is 8.04. The molecule has 20 heavy (non-hydrogen) atoms. The van der Waals surface area contributed by atoms with E-state index < -0.39 is 0 Å². The lowest BCUT2D eigenvalue weighted by Crippen LogP contribution is -2.14. The van der Waals surface area contributed by atoms with Crippen molar-refractivity contribution in [1.82, 2.24) is 0 Å². The molecule has 0 aliphatic heterocycles. The van der Waals surface area contributed by atoms with Crippen LogP contribution in [0.3, 0.4) is 0 Å². The second-order valence-corrected chi connectivity index (χ2v) is 6.28. The smallest absolute Gasteiger partial charge is 0.305 e. The molecule has 0 unspecified atom stereocenters. The van der Waals surface area contributed by atoms with Gasteiger partial charge in [0.15, 0.2) is 0 Å². The minimum Gasteiger partial charge on any atom is -0.466 e. The average molecular weight is 272 g/mol. The van der Waals surface area contributed by atoms with E-state index in [9.17, 15) is 4.79 Å². The molecule has 2 heteroatoms. The lowest BCUT2D eigenvalue weighted by atomic mass is 9.81. The molecule has 2 aliphatic rings. The lowest BCUT2D eigenvalue weighted by Gasteiger charge is -2.24. The molecule has 2 bridgehead atoms. The molecule has 2 aliphatic carbocycles. The largest absolute Gasteiger partial charge is 0.466 e. The standard InChI is InChI=1S/C18H24O2/c1-2-3-10-20-18(19)9-8-13-11-14-12-17(13)16-7-5-4-6-15(14)16/h4-7,13-14,17H,2-3,8-12H2,1H3/t13-,14-,17-/m0/s1. The van der Waals surface area contributed by atoms with Gasteiger partial charge in [-0.1, -0.05) is 37.6 Å². The van der Waals surface area contributed by atoms with Crippen LogP contribution in [0.1, 0.15) is 68.4 Å². The van der Waals surface area contributed by atoms with Crippen LogP contribution in [0.15, 0.2) is 24.3 Å². The van der Waals surface area contributed by atoms with Gasteiger partial charge in [0.1, 0.15) is 0 Å². The van der Waals surface area contributed by atoms with E-state index in [-0.39, 0.29) is 5.97 Å². The van der Waals surface area contributed by atoms with Gasteiger partial charge < -0.3 is 4.74 Å². The second-order valence-electron chi connectivity index (χ2n) is 6.28. The summed E-state index contributed by atoms with van der Waals surface area (Å²) >= 11 is 0. The Balaban J connectivity index is 1.51. The molecule has 3 atom stereocenters. The molecule has 0 amide bonds. The van der Waals surface area contributed by atoms with Crippen LogP contribution < -0.4 is 0 Å². The SMILES string of the molecule is CCCCOC(=O)CC[C@H]1C[C@H]2C[C@@H]1c1ccccc12. The first-order chi connectivity index (χ1) is 9.79. The van der Waals surface area contributed by atoms with E-state index in [1.165, 1.54) is 12.8 Å². The first-order valence-corrected chi connectivity index (χ1v) is 8.04. The monoisotopic (exact) mass is 272 g/mol. The summed E-state index contributed by atoms with van der Waals surface area (Å²) in [4.78, 5) is 11.7. The van der Waals surface area contributed by atoms with Gasteiger partial charge in [-0.25, -0.2) is 0 Å². The van der Waals surface area contributed by atoms with E-state index in [0.29, 0.717) is 24.9 Å². The van der Waals surface area contributed by atoms with Crippen molar-refractivity contribution in [3.63, 3.8) is 0 Å². The van der Waals surface area contributed by atoms with Crippen molar-refractivity contribution in [3.8, 4) is 0 Å². The summed E-state index contributed by atoms with van der Waals surface area (Å²) < 4.78 is 5.25. The highest BCUT2D eigenvalue weighted by Gasteiger charge is 2.43. The lowest BCUT2D eigenvalue weighted by molar-refractivity contribution is -0.144. The molecule has 0 spiro atoms. The minimum atomic E-state index is -0.00508. The summed E-state index contributed by atoms with van der Waals surface area (Å²) in [5.74, 6) is 2.13. The predicted molar refractivity (Wildman–Crippen MR) is 79.7 cm³/mol. The van der Waals surface area contributed by atoms with E-state index in [1.807, 2.05) is 0 Å². The predicted octanol–water partition coefficient (Wildman–Crippen LogP) is 4.40. The number of carbonyl (C=O) groups excluding carboxylic acids is 1. The van der Waals surface area contributed by atoms with Crippen LogP contribution >= 0.6 is 0 Å². The fraction of sp³-hybridized carbons (Fsp3) is 0.611. The number of benzene rings is 1. The van der Waals surface area contributed by atoms with Crippen LogP contribution in [-0.4, -0.2) is 12.6 Å². The van der Waals surface area contributed by atoms with E-state index in [0.717, 1.165) is 25.2 Å². The number of hydrogen-bond donors (Lipinski definition) is 0. The molecule has 108 valence electrons. The van der Waals surface area contributed by atoms with Gasteiger partial charge in [0.05, 0.1) is 6.61 Å². The summed E-state index contributed by atoms with van der Waals surface area (Å²) in [6, 6.07) is 8.87. The number of unbranched alkanes of at least 4 members (excludes halogenated alkanes) is 1. The van der Waals surface area contributed by atoms with Crippen molar-refractivity contribution in [1.29, 1.82) is 0 Å².